The van der Waals surface area contributed by atoms with Gasteiger partial charge in [-0.2, -0.15) is 0 Å². The van der Waals surface area contributed by atoms with Crippen molar-refractivity contribution in [3.8, 4) is 0 Å². The lowest BCUT2D eigenvalue weighted by Gasteiger charge is -2.25. The SMILES string of the molecule is CC(CO)(CO)CNc1ccc(Br)c(Cl)c1. The van der Waals surface area contributed by atoms with Crippen LogP contribution in [-0.4, -0.2) is 30.0 Å². The first-order valence-electron chi connectivity index (χ1n) is 4.91. The van der Waals surface area contributed by atoms with Crippen molar-refractivity contribution in [1.82, 2.24) is 0 Å². The van der Waals surface area contributed by atoms with Crippen molar-refractivity contribution in [2.75, 3.05) is 25.1 Å². The lowest BCUT2D eigenvalue weighted by molar-refractivity contribution is 0.0806. The quantitative estimate of drug-likeness (QED) is 0.783. The van der Waals surface area contributed by atoms with Crippen LogP contribution in [0.4, 0.5) is 5.69 Å². The van der Waals surface area contributed by atoms with E-state index in [9.17, 15) is 0 Å². The molecule has 0 radical (unpaired) electrons. The number of aliphatic hydroxyl groups excluding tert-OH is 2. The van der Waals surface area contributed by atoms with Gasteiger partial charge in [-0.3, -0.25) is 0 Å². The van der Waals surface area contributed by atoms with Crippen molar-refractivity contribution in [2.24, 2.45) is 5.41 Å². The van der Waals surface area contributed by atoms with Gasteiger partial charge in [0.05, 0.1) is 18.2 Å². The fraction of sp³-hybridized carbons (Fsp3) is 0.455. The summed E-state index contributed by atoms with van der Waals surface area (Å²) < 4.78 is 0.840. The zero-order valence-corrected chi connectivity index (χ0v) is 11.3. The van der Waals surface area contributed by atoms with E-state index >= 15 is 0 Å². The summed E-state index contributed by atoms with van der Waals surface area (Å²) >= 11 is 9.25. The Bertz CT molecular complexity index is 356. The molecule has 0 heterocycles. The van der Waals surface area contributed by atoms with Gasteiger partial charge in [0.1, 0.15) is 0 Å². The van der Waals surface area contributed by atoms with Crippen LogP contribution in [0.1, 0.15) is 6.92 Å². The Kier molecular flexibility index (Phi) is 5.05. The Hall–Kier alpha value is -0.290. The maximum absolute atomic E-state index is 9.13. The maximum Gasteiger partial charge on any atom is 0.0568 e. The minimum Gasteiger partial charge on any atom is -0.396 e. The van der Waals surface area contributed by atoms with Crippen LogP contribution in [0.3, 0.4) is 0 Å². The number of rotatable bonds is 5. The number of benzene rings is 1. The monoisotopic (exact) mass is 307 g/mol. The average Bonchev–Trinajstić information content (AvgIpc) is 2.30. The summed E-state index contributed by atoms with van der Waals surface area (Å²) in [6, 6.07) is 5.52. The first-order chi connectivity index (χ1) is 7.50. The summed E-state index contributed by atoms with van der Waals surface area (Å²) in [4.78, 5) is 0. The Labute approximate surface area is 109 Å². The highest BCUT2D eigenvalue weighted by Gasteiger charge is 2.21. The molecule has 0 aliphatic rings. The Balaban J connectivity index is 2.64. The molecule has 0 fully saturated rings. The minimum atomic E-state index is -0.528. The molecule has 3 nitrogen and oxygen atoms in total. The molecule has 0 atom stereocenters. The van der Waals surface area contributed by atoms with Gasteiger partial charge in [-0.1, -0.05) is 18.5 Å². The van der Waals surface area contributed by atoms with E-state index in [0.717, 1.165) is 10.2 Å². The predicted octanol–water partition coefficient (Wildman–Crippen LogP) is 2.51. The third kappa shape index (κ3) is 3.63. The number of halogens is 2. The summed E-state index contributed by atoms with van der Waals surface area (Å²) in [7, 11) is 0. The van der Waals surface area contributed by atoms with Crippen LogP contribution in [0, 0.1) is 5.41 Å². The Morgan fingerprint density at radius 2 is 2.00 bits per heavy atom. The van der Waals surface area contributed by atoms with Gasteiger partial charge in [-0.25, -0.2) is 0 Å². The first-order valence-corrected chi connectivity index (χ1v) is 6.08. The van der Waals surface area contributed by atoms with Crippen molar-refractivity contribution < 1.29 is 10.2 Å². The Morgan fingerprint density at radius 3 is 2.50 bits per heavy atom. The molecule has 0 bridgehead atoms. The van der Waals surface area contributed by atoms with Crippen LogP contribution in [0.2, 0.25) is 5.02 Å². The van der Waals surface area contributed by atoms with E-state index in [2.05, 4.69) is 21.2 Å². The molecule has 1 aromatic carbocycles. The highest BCUT2D eigenvalue weighted by atomic mass is 79.9. The second kappa shape index (κ2) is 5.87. The molecule has 1 rings (SSSR count). The van der Waals surface area contributed by atoms with Crippen LogP contribution < -0.4 is 5.32 Å². The van der Waals surface area contributed by atoms with Gasteiger partial charge in [0.2, 0.25) is 0 Å². The molecule has 0 unspecified atom stereocenters. The van der Waals surface area contributed by atoms with Crippen molar-refractivity contribution in [3.63, 3.8) is 0 Å². The smallest absolute Gasteiger partial charge is 0.0568 e. The van der Waals surface area contributed by atoms with Crippen LogP contribution in [0.5, 0.6) is 0 Å². The highest BCUT2D eigenvalue weighted by Crippen LogP contribution is 2.26. The molecule has 0 saturated heterocycles. The van der Waals surface area contributed by atoms with E-state index in [-0.39, 0.29) is 13.2 Å². The molecule has 16 heavy (non-hydrogen) atoms. The average molecular weight is 309 g/mol. The van der Waals surface area contributed by atoms with Gasteiger partial charge in [0.15, 0.2) is 0 Å². The van der Waals surface area contributed by atoms with Crippen molar-refractivity contribution >= 4 is 33.2 Å². The normalized spacial score (nSPS) is 11.6. The number of nitrogens with one attached hydrogen (secondary N) is 1. The largest absolute Gasteiger partial charge is 0.396 e. The zero-order valence-electron chi connectivity index (χ0n) is 9.00. The van der Waals surface area contributed by atoms with E-state index in [1.54, 1.807) is 13.0 Å². The van der Waals surface area contributed by atoms with Crippen molar-refractivity contribution in [3.05, 3.63) is 27.7 Å². The molecular formula is C11H15BrClNO2. The van der Waals surface area contributed by atoms with Crippen molar-refractivity contribution in [2.45, 2.75) is 6.92 Å². The topological polar surface area (TPSA) is 52.5 Å². The van der Waals surface area contributed by atoms with Gasteiger partial charge in [-0.05, 0) is 34.1 Å². The van der Waals surface area contributed by atoms with Gasteiger partial charge in [-0.15, -0.1) is 0 Å². The number of anilines is 1. The van der Waals surface area contributed by atoms with E-state index < -0.39 is 5.41 Å². The third-order valence-electron chi connectivity index (χ3n) is 2.40. The molecule has 0 aromatic heterocycles. The number of aliphatic hydroxyl groups is 2. The van der Waals surface area contributed by atoms with E-state index in [0.29, 0.717) is 11.6 Å². The third-order valence-corrected chi connectivity index (χ3v) is 3.63. The molecule has 0 saturated carbocycles. The molecule has 0 amide bonds. The van der Waals surface area contributed by atoms with Crippen molar-refractivity contribution in [1.29, 1.82) is 0 Å². The molecule has 0 aliphatic heterocycles. The van der Waals surface area contributed by atoms with Gasteiger partial charge < -0.3 is 15.5 Å². The molecule has 0 spiro atoms. The molecule has 1 aromatic rings. The predicted molar refractivity (Wildman–Crippen MR) is 69.9 cm³/mol. The van der Waals surface area contributed by atoms with Gasteiger partial charge >= 0.3 is 0 Å². The highest BCUT2D eigenvalue weighted by molar-refractivity contribution is 9.10. The maximum atomic E-state index is 9.13. The van der Waals surface area contributed by atoms with Crippen LogP contribution in [0.25, 0.3) is 0 Å². The molecule has 5 heteroatoms. The molecular weight excluding hydrogens is 293 g/mol. The second-order valence-corrected chi connectivity index (χ2v) is 5.37. The molecule has 3 N–H and O–H groups in total. The standard InChI is InChI=1S/C11H15BrClNO2/c1-11(6-15,7-16)5-14-8-2-3-9(12)10(13)4-8/h2-4,14-16H,5-7H2,1H3. The minimum absolute atomic E-state index is 0.0687. The number of hydrogen-bond acceptors (Lipinski definition) is 3. The Morgan fingerprint density at radius 1 is 1.38 bits per heavy atom. The summed E-state index contributed by atoms with van der Waals surface area (Å²) in [5.74, 6) is 0. The van der Waals surface area contributed by atoms with Crippen LogP contribution in [0.15, 0.2) is 22.7 Å². The molecule has 0 aliphatic carbocycles. The summed E-state index contributed by atoms with van der Waals surface area (Å²) in [5, 5.41) is 22.0. The zero-order chi connectivity index (χ0) is 12.2. The van der Waals surface area contributed by atoms with Gasteiger partial charge in [0.25, 0.3) is 0 Å². The first kappa shape index (κ1) is 13.8. The lowest BCUT2D eigenvalue weighted by atomic mass is 9.93. The second-order valence-electron chi connectivity index (χ2n) is 4.11. The fourth-order valence-corrected chi connectivity index (χ4v) is 1.51. The van der Waals surface area contributed by atoms with Crippen LogP contribution >= 0.6 is 27.5 Å². The van der Waals surface area contributed by atoms with Crippen LogP contribution in [-0.2, 0) is 0 Å². The van der Waals surface area contributed by atoms with Gasteiger partial charge in [0, 0.05) is 22.1 Å². The fourth-order valence-electron chi connectivity index (χ4n) is 1.08. The van der Waals surface area contributed by atoms with E-state index in [1.807, 2.05) is 12.1 Å². The number of hydrogen-bond donors (Lipinski definition) is 3. The lowest BCUT2D eigenvalue weighted by Crippen LogP contribution is -2.33. The summed E-state index contributed by atoms with van der Waals surface area (Å²) in [6.45, 7) is 2.15. The van der Waals surface area contributed by atoms with E-state index in [1.165, 1.54) is 0 Å². The summed E-state index contributed by atoms with van der Waals surface area (Å²) in [6.07, 6.45) is 0. The van der Waals surface area contributed by atoms with E-state index in [4.69, 9.17) is 21.8 Å². The summed E-state index contributed by atoms with van der Waals surface area (Å²) in [5.41, 5.74) is 0.334. The molecule has 90 valence electrons.